The third-order valence-electron chi connectivity index (χ3n) is 7.98. The molecular weight excluding hydrogens is 332 g/mol. The van der Waals surface area contributed by atoms with Crippen LogP contribution in [0.4, 0.5) is 0 Å². The Kier molecular flexibility index (Phi) is 3.89. The van der Waals surface area contributed by atoms with Crippen LogP contribution in [0.2, 0.25) is 0 Å². The Hall–Kier alpha value is -1.30. The van der Waals surface area contributed by atoms with Crippen molar-refractivity contribution in [2.45, 2.75) is 64.8 Å². The van der Waals surface area contributed by atoms with Crippen molar-refractivity contribution >= 4 is 11.6 Å². The van der Waals surface area contributed by atoms with Crippen LogP contribution in [0.25, 0.3) is 0 Å². The van der Waals surface area contributed by atoms with Crippen molar-refractivity contribution in [1.82, 2.24) is 0 Å². The summed E-state index contributed by atoms with van der Waals surface area (Å²) < 4.78 is 0. The fourth-order valence-corrected chi connectivity index (χ4v) is 6.52. The highest BCUT2D eigenvalue weighted by Gasteiger charge is 2.59. The van der Waals surface area contributed by atoms with E-state index in [9.17, 15) is 24.9 Å². The van der Waals surface area contributed by atoms with Crippen LogP contribution in [0.3, 0.4) is 0 Å². The lowest BCUT2D eigenvalue weighted by Gasteiger charge is -2.53. The van der Waals surface area contributed by atoms with Crippen LogP contribution >= 0.6 is 0 Å². The van der Waals surface area contributed by atoms with Gasteiger partial charge in [-0.2, -0.15) is 0 Å². The fraction of sp³-hybridized carbons (Fsp3) is 0.714. The second-order valence-corrected chi connectivity index (χ2v) is 9.22. The van der Waals surface area contributed by atoms with Gasteiger partial charge in [0.2, 0.25) is 5.78 Å². The summed E-state index contributed by atoms with van der Waals surface area (Å²) in [5, 5.41) is 28.2. The van der Waals surface area contributed by atoms with Crippen molar-refractivity contribution in [3.8, 4) is 0 Å². The van der Waals surface area contributed by atoms with E-state index in [1.54, 1.807) is 0 Å². The van der Waals surface area contributed by atoms with Crippen molar-refractivity contribution in [2.24, 2.45) is 28.6 Å². The highest BCUT2D eigenvalue weighted by molar-refractivity contribution is 5.92. The van der Waals surface area contributed by atoms with Crippen LogP contribution in [0.1, 0.15) is 58.8 Å². The van der Waals surface area contributed by atoms with Crippen molar-refractivity contribution in [3.05, 3.63) is 23.3 Å². The molecule has 4 aliphatic carbocycles. The Labute approximate surface area is 153 Å². The standard InChI is InChI=1S/C21H28O5/c1-19-9-7-13(22)11-12(19)3-4-14-15-5-6-17(18(23)21(24,25)26)20(15,2)10-8-16(14)19/h8,11,14-15,17,24-26H,3-7,9-10H2,1-2H3/t14-,15-,17+,19-,20-/m0/s1. The van der Waals surface area contributed by atoms with Crippen LogP contribution in [0.5, 0.6) is 0 Å². The monoisotopic (exact) mass is 360 g/mol. The summed E-state index contributed by atoms with van der Waals surface area (Å²) in [7, 11) is 0. The maximum Gasteiger partial charge on any atom is 0.339 e. The molecule has 0 bridgehead atoms. The smallest absolute Gasteiger partial charge is 0.337 e. The number of carbonyl (C=O) groups excluding carboxylic acids is 2. The molecule has 0 heterocycles. The average Bonchev–Trinajstić information content (AvgIpc) is 2.91. The number of ketones is 2. The highest BCUT2D eigenvalue weighted by atomic mass is 16.7. The maximum atomic E-state index is 12.4. The molecule has 0 aliphatic heterocycles. The number of Topliss-reactive ketones (excluding diaryl/α,β-unsaturated/α-hetero) is 1. The molecule has 26 heavy (non-hydrogen) atoms. The number of hydrogen-bond donors (Lipinski definition) is 3. The van der Waals surface area contributed by atoms with Crippen molar-refractivity contribution in [1.29, 1.82) is 0 Å². The molecule has 0 aromatic rings. The van der Waals surface area contributed by atoms with Gasteiger partial charge in [0.25, 0.3) is 0 Å². The molecule has 3 N–H and O–H groups in total. The van der Waals surface area contributed by atoms with Crippen LogP contribution in [0, 0.1) is 28.6 Å². The van der Waals surface area contributed by atoms with Crippen molar-refractivity contribution in [3.63, 3.8) is 0 Å². The van der Waals surface area contributed by atoms with E-state index in [2.05, 4.69) is 19.9 Å². The van der Waals surface area contributed by atoms with Gasteiger partial charge in [-0.1, -0.05) is 31.1 Å². The van der Waals surface area contributed by atoms with E-state index in [4.69, 9.17) is 0 Å². The summed E-state index contributed by atoms with van der Waals surface area (Å²) in [5.41, 5.74) is 2.27. The quantitative estimate of drug-likeness (QED) is 0.519. The first-order valence-corrected chi connectivity index (χ1v) is 9.73. The number of carbonyl (C=O) groups is 2. The second-order valence-electron chi connectivity index (χ2n) is 9.22. The van der Waals surface area contributed by atoms with Gasteiger partial charge in [-0.25, -0.2) is 0 Å². The molecule has 2 fully saturated rings. The molecule has 4 aliphatic rings. The Balaban J connectivity index is 1.70. The first-order chi connectivity index (χ1) is 12.1. The SMILES string of the molecule is C[C@]12CCC(=O)C=C1CC[C@@H]1C2=CC[C@]2(C)[C@@H](C(=O)C(O)(O)O)CC[C@@H]12. The van der Waals surface area contributed by atoms with Gasteiger partial charge in [-0.15, -0.1) is 0 Å². The molecule has 0 spiro atoms. The summed E-state index contributed by atoms with van der Waals surface area (Å²) in [4.78, 5) is 24.3. The first-order valence-electron chi connectivity index (χ1n) is 9.73. The average molecular weight is 360 g/mol. The lowest BCUT2D eigenvalue weighted by atomic mass is 9.51. The largest absolute Gasteiger partial charge is 0.339 e. The van der Waals surface area contributed by atoms with Gasteiger partial charge in [0.05, 0.1) is 0 Å². The van der Waals surface area contributed by atoms with Crippen LogP contribution in [-0.2, 0) is 9.59 Å². The Morgan fingerprint density at radius 1 is 1.15 bits per heavy atom. The minimum Gasteiger partial charge on any atom is -0.337 e. The van der Waals surface area contributed by atoms with E-state index in [0.717, 1.165) is 25.7 Å². The normalized spacial score (nSPS) is 42.3. The summed E-state index contributed by atoms with van der Waals surface area (Å²) >= 11 is 0. The summed E-state index contributed by atoms with van der Waals surface area (Å²) in [5.74, 6) is -3.76. The Morgan fingerprint density at radius 3 is 2.58 bits per heavy atom. The number of aliphatic hydroxyl groups is 3. The third-order valence-corrected chi connectivity index (χ3v) is 7.98. The van der Waals surface area contributed by atoms with Crippen molar-refractivity contribution < 1.29 is 24.9 Å². The van der Waals surface area contributed by atoms with Gasteiger partial charge < -0.3 is 15.3 Å². The lowest BCUT2D eigenvalue weighted by molar-refractivity contribution is -0.291. The molecule has 5 heteroatoms. The van der Waals surface area contributed by atoms with E-state index in [1.807, 2.05) is 6.08 Å². The summed E-state index contributed by atoms with van der Waals surface area (Å²) in [6.07, 6.45) is 9.60. The topological polar surface area (TPSA) is 94.8 Å². The van der Waals surface area contributed by atoms with Crippen LogP contribution < -0.4 is 0 Å². The fourth-order valence-electron chi connectivity index (χ4n) is 6.52. The number of rotatable bonds is 2. The summed E-state index contributed by atoms with van der Waals surface area (Å²) in [6, 6.07) is 0. The van der Waals surface area contributed by atoms with Crippen LogP contribution in [0.15, 0.2) is 23.3 Å². The molecule has 0 aromatic carbocycles. The summed E-state index contributed by atoms with van der Waals surface area (Å²) in [6.45, 7) is 4.31. The molecule has 142 valence electrons. The van der Waals surface area contributed by atoms with E-state index in [0.29, 0.717) is 31.1 Å². The number of allylic oxidation sites excluding steroid dienone is 4. The molecule has 0 unspecified atom stereocenters. The molecule has 5 nitrogen and oxygen atoms in total. The number of hydrogen-bond acceptors (Lipinski definition) is 5. The predicted octanol–water partition coefficient (Wildman–Crippen LogP) is 2.25. The molecule has 2 saturated carbocycles. The first kappa shape index (κ1) is 18.1. The van der Waals surface area contributed by atoms with E-state index in [1.165, 1.54) is 11.1 Å². The highest BCUT2D eigenvalue weighted by Crippen LogP contribution is 2.64. The maximum absolute atomic E-state index is 12.4. The minimum atomic E-state index is -3.25. The van der Waals surface area contributed by atoms with E-state index >= 15 is 0 Å². The molecule has 5 atom stereocenters. The Morgan fingerprint density at radius 2 is 1.88 bits per heavy atom. The number of fused-ring (bicyclic) bond motifs is 5. The molecule has 0 amide bonds. The molecule has 0 saturated heterocycles. The van der Waals surface area contributed by atoms with E-state index < -0.39 is 17.7 Å². The predicted molar refractivity (Wildman–Crippen MR) is 94.6 cm³/mol. The molecule has 4 rings (SSSR count). The van der Waals surface area contributed by atoms with Gasteiger partial charge >= 0.3 is 5.97 Å². The van der Waals surface area contributed by atoms with Gasteiger partial charge in [0, 0.05) is 17.8 Å². The lowest BCUT2D eigenvalue weighted by Crippen LogP contribution is -2.50. The molecule has 0 aromatic heterocycles. The Bertz CT molecular complexity index is 727. The second kappa shape index (κ2) is 5.60. The molecule has 0 radical (unpaired) electrons. The van der Waals surface area contributed by atoms with Crippen molar-refractivity contribution in [2.75, 3.05) is 0 Å². The minimum absolute atomic E-state index is 0.0467. The van der Waals surface area contributed by atoms with Gasteiger partial charge in [0.1, 0.15) is 0 Å². The van der Waals surface area contributed by atoms with Gasteiger partial charge in [-0.3, -0.25) is 9.59 Å². The zero-order valence-electron chi connectivity index (χ0n) is 15.5. The van der Waals surface area contributed by atoms with E-state index in [-0.39, 0.29) is 16.6 Å². The van der Waals surface area contributed by atoms with Crippen LogP contribution in [-0.4, -0.2) is 32.9 Å². The molecular formula is C21H28O5. The zero-order valence-corrected chi connectivity index (χ0v) is 15.5. The van der Waals surface area contributed by atoms with Gasteiger partial charge in [0.15, 0.2) is 5.78 Å². The van der Waals surface area contributed by atoms with Gasteiger partial charge in [-0.05, 0) is 61.9 Å². The zero-order chi connectivity index (χ0) is 18.9. The third kappa shape index (κ3) is 2.40.